The molecular formula is C12H12N2O3S2. The lowest BCUT2D eigenvalue weighted by Gasteiger charge is -2.11. The number of imide groups is 1. The fraction of sp³-hybridized carbons (Fsp3) is 0.250. The second-order valence-electron chi connectivity index (χ2n) is 3.74. The van der Waals surface area contributed by atoms with Crippen LogP contribution in [0, 0.1) is 0 Å². The third kappa shape index (κ3) is 3.24. The van der Waals surface area contributed by atoms with Gasteiger partial charge in [-0.15, -0.1) is 11.3 Å². The van der Waals surface area contributed by atoms with Gasteiger partial charge >= 0.3 is 0 Å². The summed E-state index contributed by atoms with van der Waals surface area (Å²) in [5.74, 6) is -0.739. The van der Waals surface area contributed by atoms with Crippen LogP contribution in [0.5, 0.6) is 0 Å². The standard InChI is InChI=1S/C12H12N2O3S2/c1-2-13-10(15)7-14-11(16)9(19-12(14)17)6-8-4-3-5-18-8/h3-6H,2,7H2,1H3,(H,13,15). The van der Waals surface area contributed by atoms with E-state index in [0.717, 1.165) is 21.5 Å². The van der Waals surface area contributed by atoms with Crippen molar-refractivity contribution in [2.24, 2.45) is 0 Å². The Kier molecular flexibility index (Phi) is 4.39. The molecule has 0 atom stereocenters. The molecule has 1 fully saturated rings. The molecule has 1 N–H and O–H groups in total. The van der Waals surface area contributed by atoms with Crippen LogP contribution < -0.4 is 5.32 Å². The second-order valence-corrected chi connectivity index (χ2v) is 5.71. The lowest BCUT2D eigenvalue weighted by atomic mass is 10.3. The summed E-state index contributed by atoms with van der Waals surface area (Å²) in [6, 6.07) is 3.73. The molecule has 2 heterocycles. The molecule has 100 valence electrons. The number of hydrogen-bond acceptors (Lipinski definition) is 5. The number of nitrogens with one attached hydrogen (secondary N) is 1. The summed E-state index contributed by atoms with van der Waals surface area (Å²) in [6.45, 7) is 2.03. The summed E-state index contributed by atoms with van der Waals surface area (Å²) >= 11 is 2.35. The van der Waals surface area contributed by atoms with Gasteiger partial charge in [0.1, 0.15) is 6.54 Å². The molecule has 0 aromatic carbocycles. The molecule has 1 aromatic rings. The van der Waals surface area contributed by atoms with Crippen LogP contribution in [0.3, 0.4) is 0 Å². The lowest BCUT2D eigenvalue weighted by Crippen LogP contribution is -2.39. The maximum atomic E-state index is 12.0. The van der Waals surface area contributed by atoms with Crippen molar-refractivity contribution in [3.63, 3.8) is 0 Å². The van der Waals surface area contributed by atoms with E-state index in [-0.39, 0.29) is 12.5 Å². The molecule has 0 unspecified atom stereocenters. The third-order valence-electron chi connectivity index (χ3n) is 2.37. The SMILES string of the molecule is CCNC(=O)CN1C(=O)SC(=Cc2cccs2)C1=O. The van der Waals surface area contributed by atoms with Crippen molar-refractivity contribution < 1.29 is 14.4 Å². The predicted molar refractivity (Wildman–Crippen MR) is 75.7 cm³/mol. The van der Waals surface area contributed by atoms with Crippen LogP contribution in [0.1, 0.15) is 11.8 Å². The largest absolute Gasteiger partial charge is 0.355 e. The zero-order valence-corrected chi connectivity index (χ0v) is 11.8. The molecule has 1 aromatic heterocycles. The molecule has 2 rings (SSSR count). The van der Waals surface area contributed by atoms with Crippen molar-refractivity contribution in [1.82, 2.24) is 10.2 Å². The Morgan fingerprint density at radius 3 is 2.89 bits per heavy atom. The molecular weight excluding hydrogens is 284 g/mol. The van der Waals surface area contributed by atoms with Crippen LogP contribution in [0.4, 0.5) is 4.79 Å². The van der Waals surface area contributed by atoms with Crippen LogP contribution >= 0.6 is 23.1 Å². The number of thioether (sulfide) groups is 1. The zero-order chi connectivity index (χ0) is 13.8. The van der Waals surface area contributed by atoms with Gasteiger partial charge in [0, 0.05) is 11.4 Å². The second kappa shape index (κ2) is 6.03. The Bertz CT molecular complexity index is 537. The highest BCUT2D eigenvalue weighted by molar-refractivity contribution is 8.18. The van der Waals surface area contributed by atoms with Gasteiger partial charge in [-0.25, -0.2) is 0 Å². The van der Waals surface area contributed by atoms with Crippen LogP contribution in [0.15, 0.2) is 22.4 Å². The first-order valence-electron chi connectivity index (χ1n) is 5.67. The van der Waals surface area contributed by atoms with Crippen molar-refractivity contribution >= 4 is 46.2 Å². The number of rotatable bonds is 4. The van der Waals surface area contributed by atoms with Gasteiger partial charge in [-0.2, -0.15) is 0 Å². The minimum Gasteiger partial charge on any atom is -0.355 e. The van der Waals surface area contributed by atoms with Gasteiger partial charge in [0.05, 0.1) is 4.91 Å². The number of amides is 3. The maximum Gasteiger partial charge on any atom is 0.294 e. The number of carbonyl (C=O) groups is 3. The first-order chi connectivity index (χ1) is 9.11. The first-order valence-corrected chi connectivity index (χ1v) is 7.37. The lowest BCUT2D eigenvalue weighted by molar-refractivity contribution is -0.129. The normalized spacial score (nSPS) is 17.3. The monoisotopic (exact) mass is 296 g/mol. The van der Waals surface area contributed by atoms with Crippen LogP contribution in [-0.2, 0) is 9.59 Å². The molecule has 7 heteroatoms. The van der Waals surface area contributed by atoms with Gasteiger partial charge < -0.3 is 5.32 Å². The van der Waals surface area contributed by atoms with E-state index < -0.39 is 11.1 Å². The quantitative estimate of drug-likeness (QED) is 0.862. The fourth-order valence-electron chi connectivity index (χ4n) is 1.54. The average molecular weight is 296 g/mol. The van der Waals surface area contributed by atoms with E-state index >= 15 is 0 Å². The smallest absolute Gasteiger partial charge is 0.294 e. The highest BCUT2D eigenvalue weighted by Gasteiger charge is 2.36. The van der Waals surface area contributed by atoms with Crippen molar-refractivity contribution in [3.05, 3.63) is 27.3 Å². The van der Waals surface area contributed by atoms with Gasteiger partial charge in [-0.05, 0) is 36.2 Å². The molecule has 19 heavy (non-hydrogen) atoms. The van der Waals surface area contributed by atoms with Crippen molar-refractivity contribution in [3.8, 4) is 0 Å². The molecule has 0 bridgehead atoms. The number of hydrogen-bond donors (Lipinski definition) is 1. The third-order valence-corrected chi connectivity index (χ3v) is 4.09. The Labute approximate surface area is 118 Å². The molecule has 5 nitrogen and oxygen atoms in total. The van der Waals surface area contributed by atoms with Gasteiger partial charge in [0.15, 0.2) is 0 Å². The number of likely N-dealkylation sites (N-methyl/N-ethyl adjacent to an activating group) is 1. The summed E-state index contributed by atoms with van der Waals surface area (Å²) in [4.78, 5) is 37.4. The minimum absolute atomic E-state index is 0.222. The Hall–Kier alpha value is -1.60. The molecule has 0 radical (unpaired) electrons. The van der Waals surface area contributed by atoms with Crippen LogP contribution in [0.25, 0.3) is 6.08 Å². The van der Waals surface area contributed by atoms with E-state index in [9.17, 15) is 14.4 Å². The molecule has 1 saturated heterocycles. The number of carbonyl (C=O) groups excluding carboxylic acids is 3. The van der Waals surface area contributed by atoms with E-state index in [4.69, 9.17) is 0 Å². The minimum atomic E-state index is -0.408. The van der Waals surface area contributed by atoms with Gasteiger partial charge in [-0.1, -0.05) is 6.07 Å². The molecule has 0 spiro atoms. The summed E-state index contributed by atoms with van der Waals surface area (Å²) in [7, 11) is 0. The summed E-state index contributed by atoms with van der Waals surface area (Å²) in [5.41, 5.74) is 0. The van der Waals surface area contributed by atoms with E-state index in [1.807, 2.05) is 17.5 Å². The highest BCUT2D eigenvalue weighted by Crippen LogP contribution is 2.32. The summed E-state index contributed by atoms with van der Waals surface area (Å²) in [5, 5.41) is 4.05. The predicted octanol–water partition coefficient (Wildman–Crippen LogP) is 1.92. The van der Waals surface area contributed by atoms with Crippen LogP contribution in [-0.4, -0.2) is 35.0 Å². The van der Waals surface area contributed by atoms with E-state index in [1.165, 1.54) is 11.3 Å². The van der Waals surface area contributed by atoms with Crippen molar-refractivity contribution in [2.45, 2.75) is 6.92 Å². The molecule has 1 aliphatic rings. The summed E-state index contributed by atoms with van der Waals surface area (Å²) < 4.78 is 0. The van der Waals surface area contributed by atoms with Crippen molar-refractivity contribution in [1.29, 1.82) is 0 Å². The van der Waals surface area contributed by atoms with Gasteiger partial charge in [0.25, 0.3) is 11.1 Å². The molecule has 1 aliphatic heterocycles. The molecule has 3 amide bonds. The van der Waals surface area contributed by atoms with Gasteiger partial charge in [-0.3, -0.25) is 19.3 Å². The van der Waals surface area contributed by atoms with Crippen LogP contribution in [0.2, 0.25) is 0 Å². The topological polar surface area (TPSA) is 66.5 Å². The van der Waals surface area contributed by atoms with E-state index in [1.54, 1.807) is 13.0 Å². The zero-order valence-electron chi connectivity index (χ0n) is 10.2. The molecule has 0 saturated carbocycles. The van der Waals surface area contributed by atoms with Crippen molar-refractivity contribution in [2.75, 3.05) is 13.1 Å². The Morgan fingerprint density at radius 2 is 2.26 bits per heavy atom. The van der Waals surface area contributed by atoms with Gasteiger partial charge in [0.2, 0.25) is 5.91 Å². The molecule has 0 aliphatic carbocycles. The Morgan fingerprint density at radius 1 is 1.47 bits per heavy atom. The Balaban J connectivity index is 2.10. The first kappa shape index (κ1) is 13.8. The maximum absolute atomic E-state index is 12.0. The fourth-order valence-corrected chi connectivity index (χ4v) is 3.10. The van der Waals surface area contributed by atoms with E-state index in [2.05, 4.69) is 5.32 Å². The number of thiophene rings is 1. The van der Waals surface area contributed by atoms with E-state index in [0.29, 0.717) is 11.4 Å². The summed E-state index contributed by atoms with van der Waals surface area (Å²) in [6.07, 6.45) is 1.67. The average Bonchev–Trinajstić information content (AvgIpc) is 2.95. The highest BCUT2D eigenvalue weighted by atomic mass is 32.2. The number of nitrogens with zero attached hydrogens (tertiary/aromatic N) is 1.